The quantitative estimate of drug-likeness (QED) is 0.127. The predicted octanol–water partition coefficient (Wildman–Crippen LogP) is 32.1. The molecule has 0 atom stereocenters. The summed E-state index contributed by atoms with van der Waals surface area (Å²) < 4.78 is 5.21. The minimum atomic E-state index is -0.664. The van der Waals surface area contributed by atoms with E-state index in [0.29, 0.717) is 0 Å². The normalized spacial score (nSPS) is 13.9. The molecule has 0 fully saturated rings. The number of para-hydroxylation sites is 3. The van der Waals surface area contributed by atoms with E-state index in [4.69, 9.17) is 0 Å². The van der Waals surface area contributed by atoms with Gasteiger partial charge in [0.2, 0.25) is 0 Å². The molecule has 4 nitrogen and oxygen atoms in total. The summed E-state index contributed by atoms with van der Waals surface area (Å²) >= 11 is 0. The maximum Gasteiger partial charge on any atom is 0.252 e. The summed E-state index contributed by atoms with van der Waals surface area (Å²) in [6, 6.07) is 134. The molecule has 3 aliphatic rings. The number of hydrogen-bond donors (Lipinski definition) is 0. The smallest absolute Gasteiger partial charge is 0.252 e. The van der Waals surface area contributed by atoms with Crippen LogP contribution >= 0.6 is 0 Å². The molecule has 0 radical (unpaired) electrons. The minimum Gasteiger partial charge on any atom is -0.310 e. The Morgan fingerprint density at radius 3 is 0.954 bits per heavy atom. The Morgan fingerprint density at radius 1 is 0.231 bits per heavy atom. The zero-order valence-electron chi connectivity index (χ0n) is 79.7. The van der Waals surface area contributed by atoms with Crippen molar-refractivity contribution in [1.82, 2.24) is 9.13 Å². The van der Waals surface area contributed by atoms with Gasteiger partial charge >= 0.3 is 0 Å². The largest absolute Gasteiger partial charge is 0.310 e. The van der Waals surface area contributed by atoms with Gasteiger partial charge in [0.15, 0.2) is 0 Å². The Balaban J connectivity index is 0.923. The third kappa shape index (κ3) is 13.5. The SMILES string of the molecule is CC(C)(C)c1ccc(-c2cccc(-c3ccc(C(C)(C)C)cc3)c2N2c3cc(-n4c5ccc(C(C)(C)C)cc5c5cc(C(C)(C)C)ccc54)ccc3B3c4ccc(-n5c6ccccc6c6c7c(ccc65)-c5ccccc5C7(c5ccccc5)c5ccccc5)cc4N(c4c(-c5ccc(C(C)(C)C)cc5)cccc4-c4ccc(C(C)(C)C)cc4)c4cc(C(C)(C)C)cc2c43)cc1. The van der Waals surface area contributed by atoms with E-state index in [1.54, 1.807) is 0 Å². The van der Waals surface area contributed by atoms with Gasteiger partial charge in [-0.2, -0.15) is 0 Å². The zero-order valence-corrected chi connectivity index (χ0v) is 79.7. The van der Waals surface area contributed by atoms with Gasteiger partial charge in [-0.05, 0) is 222 Å². The van der Waals surface area contributed by atoms with Crippen molar-refractivity contribution in [2.45, 2.75) is 189 Å². The number of fused-ring (bicyclic) bond motifs is 14. The van der Waals surface area contributed by atoms with Crippen molar-refractivity contribution in [3.63, 3.8) is 0 Å². The van der Waals surface area contributed by atoms with Crippen molar-refractivity contribution in [3.05, 3.63) is 401 Å². The van der Waals surface area contributed by atoms with Gasteiger partial charge in [-0.3, -0.25) is 0 Å². The fourth-order valence-electron chi connectivity index (χ4n) is 21.8. The van der Waals surface area contributed by atoms with Crippen LogP contribution in [0.5, 0.6) is 0 Å². The summed E-state index contributed by atoms with van der Waals surface area (Å²) in [6.07, 6.45) is 0. The van der Waals surface area contributed by atoms with Crippen molar-refractivity contribution in [1.29, 1.82) is 0 Å². The van der Waals surface area contributed by atoms with E-state index in [9.17, 15) is 0 Å². The highest BCUT2D eigenvalue weighted by Crippen LogP contribution is 2.61. The van der Waals surface area contributed by atoms with Gasteiger partial charge in [0.1, 0.15) is 0 Å². The van der Waals surface area contributed by atoms with Gasteiger partial charge in [0.25, 0.3) is 6.71 Å². The van der Waals surface area contributed by atoms with Gasteiger partial charge in [-0.25, -0.2) is 0 Å². The Bertz CT molecular complexity index is 7310. The van der Waals surface area contributed by atoms with Gasteiger partial charge in [0.05, 0.1) is 38.9 Å². The molecule has 0 amide bonds. The first-order valence-corrected chi connectivity index (χ1v) is 47.1. The second kappa shape index (κ2) is 29.9. The molecule has 5 heteroatoms. The lowest BCUT2D eigenvalue weighted by atomic mass is 9.33. The molecule has 4 heterocycles. The summed E-state index contributed by atoms with van der Waals surface area (Å²) in [5.41, 5.74) is 41.6. The first-order chi connectivity index (χ1) is 61.9. The van der Waals surface area contributed by atoms with Gasteiger partial charge in [0, 0.05) is 77.9 Å². The van der Waals surface area contributed by atoms with Crippen LogP contribution in [-0.2, 0) is 43.3 Å². The number of anilines is 6. The maximum atomic E-state index is 2.78. The summed E-state index contributed by atoms with van der Waals surface area (Å²) in [4.78, 5) is 5.55. The number of rotatable bonds is 10. The molecule has 0 spiro atoms. The summed E-state index contributed by atoms with van der Waals surface area (Å²) in [6.45, 7) is 49.0. The maximum absolute atomic E-state index is 2.78. The second-order valence-corrected chi connectivity index (χ2v) is 44.5. The molecule has 2 aliphatic heterocycles. The molecule has 0 saturated carbocycles. The lowest BCUT2D eigenvalue weighted by Gasteiger charge is -2.46. The molecule has 1 aliphatic carbocycles. The zero-order chi connectivity index (χ0) is 90.6. The predicted molar refractivity (Wildman–Crippen MR) is 559 cm³/mol. The van der Waals surface area contributed by atoms with Gasteiger partial charge < -0.3 is 18.9 Å². The van der Waals surface area contributed by atoms with Crippen LogP contribution in [0.25, 0.3) is 111 Å². The monoisotopic (exact) mass is 1690 g/mol. The Kier molecular flexibility index (Phi) is 19.3. The van der Waals surface area contributed by atoms with Crippen LogP contribution in [0.3, 0.4) is 0 Å². The van der Waals surface area contributed by atoms with E-state index in [0.717, 1.165) is 101 Å². The van der Waals surface area contributed by atoms with E-state index >= 15 is 0 Å². The van der Waals surface area contributed by atoms with Crippen molar-refractivity contribution in [2.75, 3.05) is 9.80 Å². The molecular weight excluding hydrogens is 1570 g/mol. The number of hydrogen-bond acceptors (Lipinski definition) is 2. The summed E-state index contributed by atoms with van der Waals surface area (Å²) in [5.74, 6) is 0. The van der Waals surface area contributed by atoms with Gasteiger partial charge in [-0.15, -0.1) is 0 Å². The molecule has 0 saturated heterocycles. The Morgan fingerprint density at radius 2 is 0.562 bits per heavy atom. The van der Waals surface area contributed by atoms with Crippen LogP contribution in [0.15, 0.2) is 340 Å². The van der Waals surface area contributed by atoms with E-state index in [-0.39, 0.29) is 44.6 Å². The van der Waals surface area contributed by atoms with E-state index < -0.39 is 5.41 Å². The first kappa shape index (κ1) is 83.7. The minimum absolute atomic E-state index is 0.0703. The van der Waals surface area contributed by atoms with Gasteiger partial charge in [-0.1, -0.05) is 412 Å². The average molecular weight is 1690 g/mol. The standard InChI is InChI=1S/C125H119BN4/c1-118(2,3)82-54-46-78(47-55-82)93-40-32-41-94(79-48-56-83(57-49-79)119(4,5)6)116(93)129-109-76-91(127-106-69-62-88(122(13,14)15)72-100(106)101-73-89(123(16,17)18)63-70-107(101)127)64-67-103(109)126-104-68-65-92(128-105-45-31-29-39-99(105)113-108(128)71-66-98-97-38-28-30-44-102(97)125(114(98)113,86-34-24-22-25-35-86)87-36-26-23-27-37-87)77-110(104)130(112-75-90(124(19,20)21)74-111(129)115(112)126)117-95(80-50-58-84(59-51-80)120(7,8)9)42-33-43-96(117)81-52-60-85(61-53-81)121(10,11)12/h22-77H,1-21H3. The number of nitrogens with zero attached hydrogens (tertiary/aromatic N) is 4. The van der Waals surface area contributed by atoms with Crippen molar-refractivity contribution >= 4 is 101 Å². The molecular formula is C125H119BN4. The third-order valence-electron chi connectivity index (χ3n) is 28.9. The second-order valence-electron chi connectivity index (χ2n) is 44.5. The highest BCUT2D eigenvalue weighted by molar-refractivity contribution is 7.00. The van der Waals surface area contributed by atoms with Crippen molar-refractivity contribution in [3.8, 4) is 67.0 Å². The molecule has 130 heavy (non-hydrogen) atoms. The van der Waals surface area contributed by atoms with Crippen LogP contribution in [-0.4, -0.2) is 15.8 Å². The molecule has 0 bridgehead atoms. The average Bonchev–Trinajstić information content (AvgIpc) is 1.48. The fraction of sp³-hybridized carbons (Fsp3) is 0.232. The number of aromatic nitrogens is 2. The third-order valence-corrected chi connectivity index (χ3v) is 28.9. The summed E-state index contributed by atoms with van der Waals surface area (Å²) in [5, 5.41) is 4.98. The van der Waals surface area contributed by atoms with E-state index in [1.807, 2.05) is 0 Å². The molecule has 18 aromatic rings. The van der Waals surface area contributed by atoms with Crippen LogP contribution in [0.4, 0.5) is 34.1 Å². The van der Waals surface area contributed by atoms with Crippen LogP contribution in [0.1, 0.15) is 207 Å². The molecule has 0 N–H and O–H groups in total. The highest BCUT2D eigenvalue weighted by Gasteiger charge is 2.50. The molecule has 21 rings (SSSR count). The van der Waals surface area contributed by atoms with Crippen molar-refractivity contribution < 1.29 is 0 Å². The Labute approximate surface area is 771 Å². The van der Waals surface area contributed by atoms with Crippen LogP contribution < -0.4 is 26.2 Å². The first-order valence-electron chi connectivity index (χ1n) is 47.1. The fourth-order valence-corrected chi connectivity index (χ4v) is 21.8. The molecule has 16 aromatic carbocycles. The lowest BCUT2D eigenvalue weighted by Crippen LogP contribution is -2.61. The van der Waals surface area contributed by atoms with Crippen LogP contribution in [0, 0.1) is 0 Å². The molecule has 0 unspecified atom stereocenters. The Hall–Kier alpha value is -13.2. The summed E-state index contributed by atoms with van der Waals surface area (Å²) in [7, 11) is 0. The topological polar surface area (TPSA) is 16.3 Å². The molecule has 2 aromatic heterocycles. The lowest BCUT2D eigenvalue weighted by molar-refractivity contribution is 0.590. The molecule has 642 valence electrons. The van der Waals surface area contributed by atoms with Crippen molar-refractivity contribution in [2.24, 2.45) is 0 Å². The van der Waals surface area contributed by atoms with E-state index in [2.05, 4.69) is 504 Å². The van der Waals surface area contributed by atoms with Crippen LogP contribution in [0.2, 0.25) is 0 Å². The highest BCUT2D eigenvalue weighted by atomic mass is 15.2. The van der Waals surface area contributed by atoms with E-state index in [1.165, 1.54) is 121 Å². The number of benzene rings is 16.